The summed E-state index contributed by atoms with van der Waals surface area (Å²) >= 11 is 0. The van der Waals surface area contributed by atoms with Crippen LogP contribution in [0.25, 0.3) is 33.5 Å². The number of aromatic nitrogens is 3. The van der Waals surface area contributed by atoms with E-state index in [-0.39, 0.29) is 5.52 Å². The van der Waals surface area contributed by atoms with E-state index in [1.54, 1.807) is 42.7 Å². The molecule has 0 spiro atoms. The molecule has 8 nitrogen and oxygen atoms in total. The lowest BCUT2D eigenvalue weighted by molar-refractivity contribution is -0.121. The molecule has 0 saturated carbocycles. The van der Waals surface area contributed by atoms with E-state index in [4.69, 9.17) is 11.5 Å². The van der Waals surface area contributed by atoms with Gasteiger partial charge in [0.05, 0.1) is 34.3 Å². The first kappa shape index (κ1) is 20.6. The molecule has 0 bridgehead atoms. The summed E-state index contributed by atoms with van der Waals surface area (Å²) in [7, 11) is 0. The first-order valence-electron chi connectivity index (χ1n) is 10.4. The number of primary amides is 1. The number of anilines is 1. The van der Waals surface area contributed by atoms with Gasteiger partial charge in [-0.15, -0.1) is 0 Å². The maximum atomic E-state index is 14.3. The van der Waals surface area contributed by atoms with E-state index in [0.717, 1.165) is 16.8 Å². The SMILES string of the molecule is N#Cc1cccc(-c2cncc(-c3nc4c(F)cccc4[nH]3)c2N2C[C@@H](N)[C@H](C(N)=O)C2)c1. The molecule has 1 aliphatic rings. The zero-order valence-electron chi connectivity index (χ0n) is 17.5. The number of hydrogen-bond acceptors (Lipinski definition) is 6. The molecule has 2 aromatic heterocycles. The molecule has 5 rings (SSSR count). The van der Waals surface area contributed by atoms with Gasteiger partial charge in [-0.1, -0.05) is 18.2 Å². The fourth-order valence-electron chi connectivity index (χ4n) is 4.37. The Labute approximate surface area is 188 Å². The molecule has 4 aromatic rings. The van der Waals surface area contributed by atoms with Gasteiger partial charge in [0.2, 0.25) is 5.91 Å². The highest BCUT2D eigenvalue weighted by molar-refractivity contribution is 5.92. The number of pyridine rings is 1. The lowest BCUT2D eigenvalue weighted by Gasteiger charge is -2.24. The van der Waals surface area contributed by atoms with Crippen LogP contribution in [0.3, 0.4) is 0 Å². The van der Waals surface area contributed by atoms with Crippen molar-refractivity contribution >= 4 is 22.6 Å². The van der Waals surface area contributed by atoms with Gasteiger partial charge in [-0.2, -0.15) is 5.26 Å². The number of nitrogens with one attached hydrogen (secondary N) is 1. The first-order valence-corrected chi connectivity index (χ1v) is 10.4. The number of halogens is 1. The Bertz CT molecular complexity index is 1420. The van der Waals surface area contributed by atoms with Crippen molar-refractivity contribution in [3.8, 4) is 28.6 Å². The fourth-order valence-corrected chi connectivity index (χ4v) is 4.37. The molecule has 1 amide bonds. The van der Waals surface area contributed by atoms with Gasteiger partial charge in [0.1, 0.15) is 11.3 Å². The number of nitrogens with zero attached hydrogens (tertiary/aromatic N) is 4. The maximum absolute atomic E-state index is 14.3. The van der Waals surface area contributed by atoms with E-state index in [1.807, 2.05) is 11.0 Å². The Morgan fingerprint density at radius 3 is 2.70 bits per heavy atom. The summed E-state index contributed by atoms with van der Waals surface area (Å²) in [5.74, 6) is -0.969. The van der Waals surface area contributed by atoms with Crippen LogP contribution in [0.15, 0.2) is 54.9 Å². The Morgan fingerprint density at radius 1 is 1.18 bits per heavy atom. The Morgan fingerprint density at radius 2 is 1.97 bits per heavy atom. The fraction of sp³-hybridized carbons (Fsp3) is 0.167. The van der Waals surface area contributed by atoms with Crippen LogP contribution in [0.4, 0.5) is 10.1 Å². The third kappa shape index (κ3) is 3.56. The van der Waals surface area contributed by atoms with Crippen molar-refractivity contribution in [3.63, 3.8) is 0 Å². The number of imidazole rings is 1. The zero-order chi connectivity index (χ0) is 23.1. The minimum absolute atomic E-state index is 0.225. The minimum atomic E-state index is -0.516. The van der Waals surface area contributed by atoms with E-state index < -0.39 is 23.7 Å². The molecule has 2 atom stereocenters. The monoisotopic (exact) mass is 441 g/mol. The molecule has 0 radical (unpaired) electrons. The summed E-state index contributed by atoms with van der Waals surface area (Å²) < 4.78 is 14.3. The van der Waals surface area contributed by atoms with Gasteiger partial charge in [-0.25, -0.2) is 9.37 Å². The van der Waals surface area contributed by atoms with Crippen LogP contribution in [0.1, 0.15) is 5.56 Å². The number of hydrogen-bond donors (Lipinski definition) is 3. The third-order valence-corrected chi connectivity index (χ3v) is 5.99. The first-order chi connectivity index (χ1) is 16.0. The van der Waals surface area contributed by atoms with Crippen LogP contribution >= 0.6 is 0 Å². The summed E-state index contributed by atoms with van der Waals surface area (Å²) in [4.78, 5) is 26.0. The number of nitriles is 1. The highest BCUT2D eigenvalue weighted by atomic mass is 19.1. The van der Waals surface area contributed by atoms with E-state index >= 15 is 0 Å². The van der Waals surface area contributed by atoms with Crippen LogP contribution in [-0.4, -0.2) is 40.0 Å². The van der Waals surface area contributed by atoms with E-state index in [0.29, 0.717) is 35.6 Å². The molecule has 0 aliphatic carbocycles. The second kappa shape index (κ2) is 8.00. The smallest absolute Gasteiger partial charge is 0.223 e. The Kier molecular flexibility index (Phi) is 4.99. The number of amides is 1. The average molecular weight is 441 g/mol. The number of carbonyl (C=O) groups excluding carboxylic acids is 1. The molecule has 3 heterocycles. The molecule has 1 saturated heterocycles. The van der Waals surface area contributed by atoms with Crippen molar-refractivity contribution in [3.05, 3.63) is 66.2 Å². The molecular formula is C24H20FN7O. The van der Waals surface area contributed by atoms with E-state index in [2.05, 4.69) is 21.0 Å². The van der Waals surface area contributed by atoms with Crippen LogP contribution in [0.5, 0.6) is 0 Å². The molecule has 164 valence electrons. The summed E-state index contributed by atoms with van der Waals surface area (Å²) in [6.07, 6.45) is 3.34. The quantitative estimate of drug-likeness (QED) is 0.445. The largest absolute Gasteiger partial charge is 0.369 e. The summed E-state index contributed by atoms with van der Waals surface area (Å²) in [5, 5.41) is 9.37. The molecule has 9 heteroatoms. The van der Waals surface area contributed by atoms with Crippen LogP contribution in [0, 0.1) is 23.1 Å². The van der Waals surface area contributed by atoms with Gasteiger partial charge >= 0.3 is 0 Å². The number of aromatic amines is 1. The average Bonchev–Trinajstić information content (AvgIpc) is 3.43. The zero-order valence-corrected chi connectivity index (χ0v) is 17.5. The highest BCUT2D eigenvalue weighted by Crippen LogP contribution is 2.40. The summed E-state index contributed by atoms with van der Waals surface area (Å²) in [6.45, 7) is 0.719. The lowest BCUT2D eigenvalue weighted by atomic mass is 10.00. The van der Waals surface area contributed by atoms with Crippen LogP contribution < -0.4 is 16.4 Å². The van der Waals surface area contributed by atoms with Gasteiger partial charge in [0, 0.05) is 37.1 Å². The standard InChI is InChI=1S/C24H20FN7O/c25-18-5-2-6-20-21(18)31-24(30-20)16-10-29-9-15(14-4-1-3-13(7-14)8-26)22(16)32-11-17(23(28)33)19(27)12-32/h1-7,9-10,17,19H,11-12,27H2,(H2,28,33)(H,30,31)/t17-,19-/m1/s1. The molecule has 5 N–H and O–H groups in total. The summed E-state index contributed by atoms with van der Waals surface area (Å²) in [6, 6.07) is 13.6. The van der Waals surface area contributed by atoms with Crippen molar-refractivity contribution in [2.45, 2.75) is 6.04 Å². The topological polar surface area (TPSA) is 138 Å². The van der Waals surface area contributed by atoms with Crippen molar-refractivity contribution < 1.29 is 9.18 Å². The third-order valence-electron chi connectivity index (χ3n) is 5.99. The van der Waals surface area contributed by atoms with Crippen molar-refractivity contribution in [2.75, 3.05) is 18.0 Å². The summed E-state index contributed by atoms with van der Waals surface area (Å²) in [5.41, 5.74) is 16.0. The predicted octanol–water partition coefficient (Wildman–Crippen LogP) is 2.55. The molecular weight excluding hydrogens is 421 g/mol. The number of fused-ring (bicyclic) bond motifs is 1. The number of rotatable bonds is 4. The molecule has 33 heavy (non-hydrogen) atoms. The number of benzene rings is 2. The van der Waals surface area contributed by atoms with Gasteiger partial charge in [-0.3, -0.25) is 9.78 Å². The Balaban J connectivity index is 1.73. The van der Waals surface area contributed by atoms with Gasteiger partial charge in [0.15, 0.2) is 5.82 Å². The Hall–Kier alpha value is -4.29. The predicted molar refractivity (Wildman–Crippen MR) is 122 cm³/mol. The molecule has 0 unspecified atom stereocenters. The molecule has 1 fully saturated rings. The second-order valence-corrected chi connectivity index (χ2v) is 8.07. The number of nitrogens with two attached hydrogens (primary N) is 2. The number of para-hydroxylation sites is 1. The maximum Gasteiger partial charge on any atom is 0.223 e. The minimum Gasteiger partial charge on any atom is -0.369 e. The molecule has 1 aliphatic heterocycles. The van der Waals surface area contributed by atoms with Gasteiger partial charge in [0.25, 0.3) is 0 Å². The van der Waals surface area contributed by atoms with Crippen molar-refractivity contribution in [2.24, 2.45) is 17.4 Å². The normalized spacial score (nSPS) is 17.9. The van der Waals surface area contributed by atoms with E-state index in [1.165, 1.54) is 6.07 Å². The van der Waals surface area contributed by atoms with Crippen LogP contribution in [-0.2, 0) is 4.79 Å². The van der Waals surface area contributed by atoms with Crippen molar-refractivity contribution in [1.82, 2.24) is 15.0 Å². The number of H-pyrrole nitrogens is 1. The van der Waals surface area contributed by atoms with Gasteiger partial charge < -0.3 is 21.4 Å². The second-order valence-electron chi connectivity index (χ2n) is 8.07. The van der Waals surface area contributed by atoms with Crippen LogP contribution in [0.2, 0.25) is 0 Å². The van der Waals surface area contributed by atoms with Gasteiger partial charge in [-0.05, 0) is 29.8 Å². The van der Waals surface area contributed by atoms with E-state index in [9.17, 15) is 14.4 Å². The lowest BCUT2D eigenvalue weighted by Crippen LogP contribution is -2.37. The highest BCUT2D eigenvalue weighted by Gasteiger charge is 2.36. The molecule has 2 aromatic carbocycles. The van der Waals surface area contributed by atoms with Crippen molar-refractivity contribution in [1.29, 1.82) is 5.26 Å². The number of carbonyl (C=O) groups is 1.